The quantitative estimate of drug-likeness (QED) is 0.819. The van der Waals surface area contributed by atoms with Gasteiger partial charge in [0.15, 0.2) is 0 Å². The van der Waals surface area contributed by atoms with Crippen LogP contribution in [-0.4, -0.2) is 12.5 Å². The molecule has 1 aliphatic rings. The van der Waals surface area contributed by atoms with Crippen LogP contribution >= 0.6 is 11.6 Å². The van der Waals surface area contributed by atoms with E-state index in [1.165, 1.54) is 0 Å². The van der Waals surface area contributed by atoms with Gasteiger partial charge in [0, 0.05) is 29.6 Å². The molecule has 0 bridgehead atoms. The van der Waals surface area contributed by atoms with Crippen LogP contribution in [0.1, 0.15) is 6.42 Å². The van der Waals surface area contributed by atoms with Crippen LogP contribution in [0.15, 0.2) is 48.5 Å². The molecule has 2 aromatic rings. The van der Waals surface area contributed by atoms with Gasteiger partial charge < -0.3 is 10.1 Å². The molecule has 0 aliphatic heterocycles. The van der Waals surface area contributed by atoms with Crippen molar-refractivity contribution in [2.75, 3.05) is 11.9 Å². The van der Waals surface area contributed by atoms with E-state index in [1.807, 2.05) is 12.1 Å². The first-order valence-corrected chi connectivity index (χ1v) is 7.06. The number of alkyl halides is 2. The number of anilines is 1. The minimum atomic E-state index is -2.48. The number of hydrogen-bond donors (Lipinski definition) is 1. The summed E-state index contributed by atoms with van der Waals surface area (Å²) in [5.41, 5.74) is 0.807. The molecule has 110 valence electrons. The lowest BCUT2D eigenvalue weighted by atomic mass is 10.3. The number of ether oxygens (including phenoxy) is 1. The molecule has 3 rings (SSSR count). The van der Waals surface area contributed by atoms with E-state index in [1.54, 1.807) is 36.4 Å². The molecular weight excluding hydrogens is 296 g/mol. The zero-order valence-electron chi connectivity index (χ0n) is 11.2. The third-order valence-corrected chi connectivity index (χ3v) is 3.66. The summed E-state index contributed by atoms with van der Waals surface area (Å²) in [6.45, 7) is 0.296. The standard InChI is InChI=1S/C16H14ClF2NO/c17-12-1-5-14(6-2-12)21-15-7-3-13(4-8-15)20-10-11-9-16(11,18)19/h1-8,11,20H,9-10H2. The summed E-state index contributed by atoms with van der Waals surface area (Å²) < 4.78 is 31.2. The average molecular weight is 310 g/mol. The smallest absolute Gasteiger partial charge is 0.253 e. The maximum absolute atomic E-state index is 12.8. The minimum absolute atomic E-state index is 0.0161. The molecule has 0 amide bonds. The summed E-state index contributed by atoms with van der Waals surface area (Å²) in [5.74, 6) is -1.65. The fourth-order valence-electron chi connectivity index (χ4n) is 2.01. The summed E-state index contributed by atoms with van der Waals surface area (Å²) in [7, 11) is 0. The summed E-state index contributed by atoms with van der Waals surface area (Å²) in [5, 5.41) is 3.66. The van der Waals surface area contributed by atoms with Crippen LogP contribution in [0.4, 0.5) is 14.5 Å². The highest BCUT2D eigenvalue weighted by Crippen LogP contribution is 2.48. The highest BCUT2D eigenvalue weighted by atomic mass is 35.5. The monoisotopic (exact) mass is 309 g/mol. The van der Waals surface area contributed by atoms with Crippen molar-refractivity contribution in [3.8, 4) is 11.5 Å². The average Bonchev–Trinajstić information content (AvgIpc) is 3.08. The molecular formula is C16H14ClF2NO. The number of nitrogens with one attached hydrogen (secondary N) is 1. The van der Waals surface area contributed by atoms with Gasteiger partial charge in [0.2, 0.25) is 0 Å². The fraction of sp³-hybridized carbons (Fsp3) is 0.250. The maximum Gasteiger partial charge on any atom is 0.253 e. The van der Waals surface area contributed by atoms with Gasteiger partial charge in [-0.2, -0.15) is 0 Å². The molecule has 1 atom stereocenters. The van der Waals surface area contributed by atoms with Crippen LogP contribution in [0.3, 0.4) is 0 Å². The van der Waals surface area contributed by atoms with Crippen LogP contribution in [-0.2, 0) is 0 Å². The Bertz CT molecular complexity index is 613. The largest absolute Gasteiger partial charge is 0.457 e. The molecule has 21 heavy (non-hydrogen) atoms. The van der Waals surface area contributed by atoms with Crippen LogP contribution in [0.2, 0.25) is 5.02 Å². The second-order valence-electron chi connectivity index (χ2n) is 5.12. The molecule has 0 spiro atoms. The molecule has 5 heteroatoms. The van der Waals surface area contributed by atoms with Gasteiger partial charge in [-0.05, 0) is 48.5 Å². The Labute approximate surface area is 126 Å². The summed E-state index contributed by atoms with van der Waals surface area (Å²) in [4.78, 5) is 0. The van der Waals surface area contributed by atoms with E-state index in [0.29, 0.717) is 23.1 Å². The Hall–Kier alpha value is -1.81. The van der Waals surface area contributed by atoms with Crippen LogP contribution in [0, 0.1) is 5.92 Å². The second kappa shape index (κ2) is 5.53. The predicted octanol–water partition coefficient (Wildman–Crippen LogP) is 5.20. The lowest BCUT2D eigenvalue weighted by Gasteiger charge is -2.08. The van der Waals surface area contributed by atoms with Crippen molar-refractivity contribution >= 4 is 17.3 Å². The molecule has 0 heterocycles. The molecule has 1 saturated carbocycles. The van der Waals surface area contributed by atoms with Crippen molar-refractivity contribution in [1.82, 2.24) is 0 Å². The van der Waals surface area contributed by atoms with Gasteiger partial charge in [0.05, 0.1) is 0 Å². The van der Waals surface area contributed by atoms with Crippen molar-refractivity contribution < 1.29 is 13.5 Å². The van der Waals surface area contributed by atoms with Crippen molar-refractivity contribution in [2.45, 2.75) is 12.3 Å². The Balaban J connectivity index is 1.55. The van der Waals surface area contributed by atoms with Crippen LogP contribution < -0.4 is 10.1 Å². The lowest BCUT2D eigenvalue weighted by Crippen LogP contribution is -2.08. The number of halogens is 3. The first-order chi connectivity index (χ1) is 10.0. The van der Waals surface area contributed by atoms with E-state index in [4.69, 9.17) is 16.3 Å². The SMILES string of the molecule is FC1(F)CC1CNc1ccc(Oc2ccc(Cl)cc2)cc1. The molecule has 0 saturated heterocycles. The molecule has 1 unspecified atom stereocenters. The van der Waals surface area contributed by atoms with E-state index < -0.39 is 11.8 Å². The van der Waals surface area contributed by atoms with Crippen molar-refractivity contribution in [3.63, 3.8) is 0 Å². The molecule has 0 aromatic heterocycles. The van der Waals surface area contributed by atoms with Gasteiger partial charge in [-0.15, -0.1) is 0 Å². The van der Waals surface area contributed by atoms with E-state index in [0.717, 1.165) is 5.69 Å². The third-order valence-electron chi connectivity index (χ3n) is 3.41. The van der Waals surface area contributed by atoms with Gasteiger partial charge in [-0.1, -0.05) is 11.6 Å². The first-order valence-electron chi connectivity index (χ1n) is 6.68. The molecule has 1 N–H and O–H groups in total. The third kappa shape index (κ3) is 3.64. The van der Waals surface area contributed by atoms with Gasteiger partial charge in [0.1, 0.15) is 11.5 Å². The van der Waals surface area contributed by atoms with Gasteiger partial charge in [0.25, 0.3) is 5.92 Å². The highest BCUT2D eigenvalue weighted by Gasteiger charge is 2.56. The number of hydrogen-bond acceptors (Lipinski definition) is 2. The van der Waals surface area contributed by atoms with Crippen molar-refractivity contribution in [3.05, 3.63) is 53.6 Å². The van der Waals surface area contributed by atoms with Crippen LogP contribution in [0.25, 0.3) is 0 Å². The Morgan fingerprint density at radius 2 is 1.57 bits per heavy atom. The predicted molar refractivity (Wildman–Crippen MR) is 79.5 cm³/mol. The van der Waals surface area contributed by atoms with E-state index in [9.17, 15) is 8.78 Å². The van der Waals surface area contributed by atoms with Crippen LogP contribution in [0.5, 0.6) is 11.5 Å². The van der Waals surface area contributed by atoms with Gasteiger partial charge in [-0.3, -0.25) is 0 Å². The van der Waals surface area contributed by atoms with E-state index >= 15 is 0 Å². The normalized spacial score (nSPS) is 19.1. The Morgan fingerprint density at radius 1 is 1.05 bits per heavy atom. The summed E-state index contributed by atoms with van der Waals surface area (Å²) >= 11 is 5.80. The highest BCUT2D eigenvalue weighted by molar-refractivity contribution is 6.30. The second-order valence-corrected chi connectivity index (χ2v) is 5.56. The number of benzene rings is 2. The maximum atomic E-state index is 12.8. The number of rotatable bonds is 5. The molecule has 0 radical (unpaired) electrons. The Kier molecular flexibility index (Phi) is 3.72. The molecule has 1 aliphatic carbocycles. The Morgan fingerprint density at radius 3 is 2.10 bits per heavy atom. The van der Waals surface area contributed by atoms with Crippen molar-refractivity contribution in [2.24, 2.45) is 5.92 Å². The topological polar surface area (TPSA) is 21.3 Å². The van der Waals surface area contributed by atoms with Gasteiger partial charge in [-0.25, -0.2) is 8.78 Å². The van der Waals surface area contributed by atoms with Crippen molar-refractivity contribution in [1.29, 1.82) is 0 Å². The summed E-state index contributed by atoms with van der Waals surface area (Å²) in [6.07, 6.45) is -0.0161. The fourth-order valence-corrected chi connectivity index (χ4v) is 2.14. The zero-order chi connectivity index (χ0) is 14.9. The summed E-state index contributed by atoms with van der Waals surface area (Å²) in [6, 6.07) is 14.3. The first kappa shape index (κ1) is 14.1. The van der Waals surface area contributed by atoms with E-state index in [-0.39, 0.29) is 6.42 Å². The van der Waals surface area contributed by atoms with Gasteiger partial charge >= 0.3 is 0 Å². The molecule has 2 nitrogen and oxygen atoms in total. The molecule has 1 fully saturated rings. The lowest BCUT2D eigenvalue weighted by molar-refractivity contribution is 0.101. The molecule has 2 aromatic carbocycles. The minimum Gasteiger partial charge on any atom is -0.457 e. The zero-order valence-corrected chi connectivity index (χ0v) is 11.9. The van der Waals surface area contributed by atoms with E-state index in [2.05, 4.69) is 5.32 Å².